The molecule has 31 heavy (non-hydrogen) atoms. The van der Waals surface area contributed by atoms with E-state index in [9.17, 15) is 9.90 Å². The highest BCUT2D eigenvalue weighted by Gasteiger charge is 2.16. The highest BCUT2D eigenvalue weighted by molar-refractivity contribution is 6.03. The quantitative estimate of drug-likeness (QED) is 0.443. The van der Waals surface area contributed by atoms with E-state index in [1.165, 1.54) is 0 Å². The minimum Gasteiger partial charge on any atom is -0.508 e. The molecule has 1 aromatic heterocycles. The first-order valence-corrected chi connectivity index (χ1v) is 10.1. The number of phenolic OH excluding ortho intramolecular Hbond substituents is 1. The average Bonchev–Trinajstić information content (AvgIpc) is 3.18. The number of rotatable bonds is 6. The van der Waals surface area contributed by atoms with Crippen molar-refractivity contribution >= 4 is 11.6 Å². The van der Waals surface area contributed by atoms with E-state index in [0.717, 1.165) is 28.1 Å². The van der Waals surface area contributed by atoms with Crippen LogP contribution in [-0.2, 0) is 13.0 Å². The molecular weight excluding hydrogens is 388 g/mol. The van der Waals surface area contributed by atoms with Crippen LogP contribution in [0.1, 0.15) is 32.9 Å². The fourth-order valence-electron chi connectivity index (χ4n) is 3.48. The van der Waals surface area contributed by atoms with E-state index in [-0.39, 0.29) is 11.7 Å². The highest BCUT2D eigenvalue weighted by Crippen LogP contribution is 2.19. The number of carbonyl (C=O) groups excluding carboxylic acids is 1. The fourth-order valence-corrected chi connectivity index (χ4v) is 3.48. The van der Waals surface area contributed by atoms with Gasteiger partial charge in [0.25, 0.3) is 5.91 Å². The number of aryl methyl sites for hydroxylation is 1. The smallest absolute Gasteiger partial charge is 0.274 e. The molecule has 1 heterocycles. The Labute approximate surface area is 181 Å². The van der Waals surface area contributed by atoms with Crippen molar-refractivity contribution in [2.75, 3.05) is 5.32 Å². The van der Waals surface area contributed by atoms with Crippen LogP contribution < -0.4 is 11.1 Å². The second-order valence-corrected chi connectivity index (χ2v) is 7.45. The lowest BCUT2D eigenvalue weighted by molar-refractivity contribution is 0.101. The van der Waals surface area contributed by atoms with E-state index >= 15 is 0 Å². The van der Waals surface area contributed by atoms with Crippen molar-refractivity contribution in [3.05, 3.63) is 107 Å². The number of carbonyl (C=O) groups is 1. The largest absolute Gasteiger partial charge is 0.508 e. The minimum absolute atomic E-state index is 0.236. The van der Waals surface area contributed by atoms with Gasteiger partial charge in [0.15, 0.2) is 0 Å². The van der Waals surface area contributed by atoms with E-state index in [2.05, 4.69) is 10.4 Å². The Bertz CT molecular complexity index is 1210. The summed E-state index contributed by atoms with van der Waals surface area (Å²) in [5.74, 6) is 0.00852. The van der Waals surface area contributed by atoms with E-state index in [1.54, 1.807) is 22.9 Å². The SMILES string of the molecule is Cc1cc(C(=O)Nc2cccc(Cc3ccc(O)cc3)c2)n(-c2cccc(CN)c2)n1. The molecule has 0 aliphatic heterocycles. The normalized spacial score (nSPS) is 10.8. The molecule has 0 fully saturated rings. The van der Waals surface area contributed by atoms with Gasteiger partial charge in [0.05, 0.1) is 11.4 Å². The van der Waals surface area contributed by atoms with Gasteiger partial charge in [-0.2, -0.15) is 5.10 Å². The molecular formula is C25H24N4O2. The summed E-state index contributed by atoms with van der Waals surface area (Å²) in [5, 5.41) is 16.9. The Hall–Kier alpha value is -3.90. The van der Waals surface area contributed by atoms with Gasteiger partial charge in [-0.15, -0.1) is 0 Å². The van der Waals surface area contributed by atoms with Crippen LogP contribution in [-0.4, -0.2) is 20.8 Å². The number of nitrogens with zero attached hydrogens (tertiary/aromatic N) is 2. The van der Waals surface area contributed by atoms with E-state index in [1.807, 2.05) is 67.6 Å². The van der Waals surface area contributed by atoms with Gasteiger partial charge in [-0.3, -0.25) is 4.79 Å². The van der Waals surface area contributed by atoms with Gasteiger partial charge < -0.3 is 16.2 Å². The van der Waals surface area contributed by atoms with Crippen molar-refractivity contribution in [2.45, 2.75) is 19.9 Å². The minimum atomic E-state index is -0.236. The van der Waals surface area contributed by atoms with Crippen molar-refractivity contribution in [2.24, 2.45) is 5.73 Å². The molecule has 0 aliphatic rings. The van der Waals surface area contributed by atoms with Gasteiger partial charge in [0.2, 0.25) is 0 Å². The van der Waals surface area contributed by atoms with Gasteiger partial charge in [0, 0.05) is 12.2 Å². The number of anilines is 1. The van der Waals surface area contributed by atoms with Gasteiger partial charge in [-0.1, -0.05) is 36.4 Å². The number of hydrogen-bond acceptors (Lipinski definition) is 4. The predicted octanol–water partition coefficient (Wildman–Crippen LogP) is 4.19. The molecule has 4 rings (SSSR count). The third-order valence-electron chi connectivity index (χ3n) is 4.98. The summed E-state index contributed by atoms with van der Waals surface area (Å²) in [6.45, 7) is 2.28. The number of phenols is 1. The van der Waals surface area contributed by atoms with Gasteiger partial charge in [-0.25, -0.2) is 4.68 Å². The number of nitrogens with one attached hydrogen (secondary N) is 1. The second kappa shape index (κ2) is 8.85. The zero-order valence-corrected chi connectivity index (χ0v) is 17.2. The average molecular weight is 412 g/mol. The first kappa shape index (κ1) is 20.4. The van der Waals surface area contributed by atoms with Crippen molar-refractivity contribution in [1.82, 2.24) is 9.78 Å². The Morgan fingerprint density at radius 3 is 2.48 bits per heavy atom. The number of hydrogen-bond donors (Lipinski definition) is 3. The van der Waals surface area contributed by atoms with Crippen LogP contribution in [0.3, 0.4) is 0 Å². The maximum absolute atomic E-state index is 13.1. The summed E-state index contributed by atoms with van der Waals surface area (Å²) < 4.78 is 1.64. The monoisotopic (exact) mass is 412 g/mol. The lowest BCUT2D eigenvalue weighted by Crippen LogP contribution is -2.17. The van der Waals surface area contributed by atoms with Gasteiger partial charge in [-0.05, 0) is 72.5 Å². The molecule has 3 aromatic carbocycles. The molecule has 0 bridgehead atoms. The Balaban J connectivity index is 1.56. The van der Waals surface area contributed by atoms with Crippen LogP contribution in [0.5, 0.6) is 5.75 Å². The second-order valence-electron chi connectivity index (χ2n) is 7.45. The molecule has 4 aromatic rings. The van der Waals surface area contributed by atoms with Crippen molar-refractivity contribution in [1.29, 1.82) is 0 Å². The van der Waals surface area contributed by atoms with E-state index < -0.39 is 0 Å². The Kier molecular flexibility index (Phi) is 5.82. The molecule has 1 amide bonds. The summed E-state index contributed by atoms with van der Waals surface area (Å²) in [6.07, 6.45) is 0.701. The third-order valence-corrected chi connectivity index (χ3v) is 4.98. The van der Waals surface area contributed by atoms with Crippen LogP contribution in [0, 0.1) is 6.92 Å². The Morgan fingerprint density at radius 1 is 0.968 bits per heavy atom. The molecule has 0 saturated heterocycles. The fraction of sp³-hybridized carbons (Fsp3) is 0.120. The summed E-state index contributed by atoms with van der Waals surface area (Å²) in [6, 6.07) is 24.3. The van der Waals surface area contributed by atoms with Gasteiger partial charge in [0.1, 0.15) is 11.4 Å². The van der Waals surface area contributed by atoms with Crippen LogP contribution >= 0.6 is 0 Å². The van der Waals surface area contributed by atoms with Gasteiger partial charge >= 0.3 is 0 Å². The number of benzene rings is 3. The lowest BCUT2D eigenvalue weighted by Gasteiger charge is -2.10. The number of aromatic hydroxyl groups is 1. The van der Waals surface area contributed by atoms with Crippen LogP contribution in [0.25, 0.3) is 5.69 Å². The zero-order valence-electron chi connectivity index (χ0n) is 17.2. The molecule has 0 aliphatic carbocycles. The molecule has 6 nitrogen and oxygen atoms in total. The van der Waals surface area contributed by atoms with Crippen molar-refractivity contribution < 1.29 is 9.90 Å². The summed E-state index contributed by atoms with van der Waals surface area (Å²) in [7, 11) is 0. The van der Waals surface area contributed by atoms with Crippen molar-refractivity contribution in [3.8, 4) is 11.4 Å². The number of nitrogens with two attached hydrogens (primary N) is 1. The molecule has 0 unspecified atom stereocenters. The lowest BCUT2D eigenvalue weighted by atomic mass is 10.0. The molecule has 4 N–H and O–H groups in total. The van der Waals surface area contributed by atoms with Crippen LogP contribution in [0.15, 0.2) is 78.9 Å². The maximum Gasteiger partial charge on any atom is 0.274 e. The highest BCUT2D eigenvalue weighted by atomic mass is 16.3. The summed E-state index contributed by atoms with van der Waals surface area (Å²) in [4.78, 5) is 13.1. The molecule has 6 heteroatoms. The summed E-state index contributed by atoms with van der Waals surface area (Å²) in [5.41, 5.74) is 11.6. The number of aromatic nitrogens is 2. The predicted molar refractivity (Wildman–Crippen MR) is 122 cm³/mol. The Morgan fingerprint density at radius 2 is 1.71 bits per heavy atom. The first-order valence-electron chi connectivity index (χ1n) is 10.1. The van der Waals surface area contributed by atoms with E-state index in [0.29, 0.717) is 24.3 Å². The number of amides is 1. The topological polar surface area (TPSA) is 93.2 Å². The molecule has 0 atom stereocenters. The zero-order chi connectivity index (χ0) is 21.8. The summed E-state index contributed by atoms with van der Waals surface area (Å²) >= 11 is 0. The third kappa shape index (κ3) is 4.82. The molecule has 0 spiro atoms. The van der Waals surface area contributed by atoms with Crippen LogP contribution in [0.4, 0.5) is 5.69 Å². The standard InChI is InChI=1S/C25H24N4O2/c1-17-12-24(29(28-17)22-7-3-5-20(15-22)16-26)25(31)27-21-6-2-4-19(14-21)13-18-8-10-23(30)11-9-18/h2-12,14-15,30H,13,16,26H2,1H3,(H,27,31). The first-order chi connectivity index (χ1) is 15.0. The molecule has 0 radical (unpaired) electrons. The van der Waals surface area contributed by atoms with E-state index in [4.69, 9.17) is 5.73 Å². The molecule has 0 saturated carbocycles. The maximum atomic E-state index is 13.1. The molecule has 156 valence electrons. The van der Waals surface area contributed by atoms with Crippen LogP contribution in [0.2, 0.25) is 0 Å². The van der Waals surface area contributed by atoms with Crippen molar-refractivity contribution in [3.63, 3.8) is 0 Å².